The SMILES string of the molecule is CO/N=C(/Cc1ccc(Cc2nc(-c3cccc(Cl)c3)nc3c2S(=O)CCC3)cc1)NC=O. The summed E-state index contributed by atoms with van der Waals surface area (Å²) >= 11 is 6.18. The molecule has 9 heteroatoms. The number of aryl methyl sites for hydroxylation is 1. The van der Waals surface area contributed by atoms with Crippen LogP contribution in [0.3, 0.4) is 0 Å². The number of nitrogens with zero attached hydrogens (tertiary/aromatic N) is 3. The highest BCUT2D eigenvalue weighted by Gasteiger charge is 2.24. The van der Waals surface area contributed by atoms with Crippen molar-refractivity contribution in [3.63, 3.8) is 0 Å². The predicted molar refractivity (Wildman–Crippen MR) is 129 cm³/mol. The maximum absolute atomic E-state index is 12.8. The Morgan fingerprint density at radius 1 is 1.21 bits per heavy atom. The number of nitrogens with one attached hydrogen (secondary N) is 1. The zero-order chi connectivity index (χ0) is 23.2. The second-order valence-corrected chi connectivity index (χ2v) is 9.53. The van der Waals surface area contributed by atoms with Crippen molar-refractivity contribution >= 4 is 34.6 Å². The second kappa shape index (κ2) is 10.7. The maximum Gasteiger partial charge on any atom is 0.212 e. The van der Waals surface area contributed by atoms with E-state index in [1.54, 1.807) is 0 Å². The van der Waals surface area contributed by atoms with Crippen LogP contribution in [0.2, 0.25) is 5.02 Å². The van der Waals surface area contributed by atoms with Crippen LogP contribution in [0, 0.1) is 0 Å². The number of carbonyl (C=O) groups excluding carboxylic acids is 1. The lowest BCUT2D eigenvalue weighted by Crippen LogP contribution is -2.24. The topological polar surface area (TPSA) is 93.5 Å². The molecule has 0 saturated carbocycles. The van der Waals surface area contributed by atoms with Crippen LogP contribution in [0.15, 0.2) is 58.6 Å². The highest BCUT2D eigenvalue weighted by Crippen LogP contribution is 2.29. The number of oxime groups is 1. The molecular weight excluding hydrogens is 460 g/mol. The minimum atomic E-state index is -1.11. The van der Waals surface area contributed by atoms with Gasteiger partial charge in [-0.2, -0.15) is 0 Å². The van der Waals surface area contributed by atoms with Crippen molar-refractivity contribution in [2.45, 2.75) is 30.6 Å². The van der Waals surface area contributed by atoms with Gasteiger partial charge < -0.3 is 10.2 Å². The van der Waals surface area contributed by atoms with E-state index in [1.165, 1.54) is 7.11 Å². The fourth-order valence-electron chi connectivity index (χ4n) is 3.78. The van der Waals surface area contributed by atoms with Crippen LogP contribution in [0.4, 0.5) is 0 Å². The van der Waals surface area contributed by atoms with Gasteiger partial charge in [0.25, 0.3) is 0 Å². The van der Waals surface area contributed by atoms with Gasteiger partial charge in [-0.3, -0.25) is 9.00 Å². The molecule has 1 atom stereocenters. The van der Waals surface area contributed by atoms with E-state index in [0.717, 1.165) is 45.8 Å². The molecule has 0 aliphatic carbocycles. The maximum atomic E-state index is 12.8. The lowest BCUT2D eigenvalue weighted by atomic mass is 10.0. The standard InChI is InChI=1S/C24H23ClN4O3S/c1-32-29-22(26-15-30)13-17-9-7-16(8-10-17)12-21-23-20(6-3-11-33(23)31)27-24(28-21)18-4-2-5-19(25)14-18/h2,4-5,7-10,14-15H,3,6,11-13H2,1H3,(H,26,29,30). The monoisotopic (exact) mass is 482 g/mol. The highest BCUT2D eigenvalue weighted by molar-refractivity contribution is 7.85. The predicted octanol–water partition coefficient (Wildman–Crippen LogP) is 3.69. The van der Waals surface area contributed by atoms with Crippen molar-refractivity contribution in [3.8, 4) is 11.4 Å². The third-order valence-corrected chi connectivity index (χ3v) is 7.07. The van der Waals surface area contributed by atoms with Crippen molar-refractivity contribution in [2.24, 2.45) is 5.16 Å². The normalized spacial score (nSPS) is 15.6. The number of hydrogen-bond donors (Lipinski definition) is 1. The lowest BCUT2D eigenvalue weighted by Gasteiger charge is -2.19. The van der Waals surface area contributed by atoms with Gasteiger partial charge in [0.1, 0.15) is 7.11 Å². The zero-order valence-corrected chi connectivity index (χ0v) is 19.7. The summed E-state index contributed by atoms with van der Waals surface area (Å²) in [6, 6.07) is 15.4. The summed E-state index contributed by atoms with van der Waals surface area (Å²) in [7, 11) is 0.322. The first-order chi connectivity index (χ1) is 16.1. The van der Waals surface area contributed by atoms with Gasteiger partial charge in [0, 0.05) is 29.2 Å². The molecule has 1 aliphatic rings. The van der Waals surface area contributed by atoms with Gasteiger partial charge in [0.2, 0.25) is 6.41 Å². The van der Waals surface area contributed by atoms with Gasteiger partial charge in [-0.25, -0.2) is 9.97 Å². The smallest absolute Gasteiger partial charge is 0.212 e. The molecule has 3 aromatic rings. The molecule has 0 bridgehead atoms. The summed E-state index contributed by atoms with van der Waals surface area (Å²) in [4.78, 5) is 25.8. The summed E-state index contributed by atoms with van der Waals surface area (Å²) in [6.45, 7) is 0. The Morgan fingerprint density at radius 2 is 2.00 bits per heavy atom. The van der Waals surface area contributed by atoms with Crippen LogP contribution in [0.1, 0.15) is 28.9 Å². The molecule has 1 unspecified atom stereocenters. The van der Waals surface area contributed by atoms with Crippen LogP contribution in [0.5, 0.6) is 0 Å². The summed E-state index contributed by atoms with van der Waals surface area (Å²) in [5, 5.41) is 6.97. The van der Waals surface area contributed by atoms with Crippen LogP contribution in [-0.2, 0) is 39.7 Å². The Kier molecular flexibility index (Phi) is 7.47. The number of fused-ring (bicyclic) bond motifs is 1. The Labute approximate surface area is 199 Å². The molecule has 1 amide bonds. The molecule has 2 aromatic carbocycles. The number of benzene rings is 2. The summed E-state index contributed by atoms with van der Waals surface area (Å²) in [6.07, 6.45) is 3.17. The molecule has 0 saturated heterocycles. The van der Waals surface area contributed by atoms with Gasteiger partial charge in [-0.15, -0.1) is 0 Å². The fraction of sp³-hybridized carbons (Fsp3) is 0.250. The molecule has 0 fully saturated rings. The second-order valence-electron chi connectivity index (χ2n) is 7.59. The Balaban J connectivity index is 1.64. The van der Waals surface area contributed by atoms with E-state index in [1.807, 2.05) is 48.5 Å². The Hall–Kier alpha value is -3.10. The summed E-state index contributed by atoms with van der Waals surface area (Å²) in [5.41, 5.74) is 4.48. The zero-order valence-electron chi connectivity index (χ0n) is 18.1. The molecule has 0 spiro atoms. The number of amidine groups is 1. The quantitative estimate of drug-likeness (QED) is 0.240. The minimum Gasteiger partial charge on any atom is -0.398 e. The van der Waals surface area contributed by atoms with Crippen LogP contribution in [0.25, 0.3) is 11.4 Å². The molecule has 1 aliphatic heterocycles. The van der Waals surface area contributed by atoms with Gasteiger partial charge >= 0.3 is 0 Å². The molecule has 0 radical (unpaired) electrons. The average molecular weight is 483 g/mol. The molecular formula is C24H23ClN4O3S. The third-order valence-electron chi connectivity index (χ3n) is 5.25. The van der Waals surface area contributed by atoms with Crippen molar-refractivity contribution in [1.82, 2.24) is 15.3 Å². The van der Waals surface area contributed by atoms with Crippen molar-refractivity contribution in [2.75, 3.05) is 12.9 Å². The number of aromatic nitrogens is 2. The number of rotatable bonds is 7. The molecule has 7 nitrogen and oxygen atoms in total. The third kappa shape index (κ3) is 5.64. The largest absolute Gasteiger partial charge is 0.398 e. The first-order valence-electron chi connectivity index (χ1n) is 10.5. The van der Waals surface area contributed by atoms with Crippen molar-refractivity contribution in [3.05, 3.63) is 76.1 Å². The van der Waals surface area contributed by atoms with E-state index in [2.05, 4.69) is 10.5 Å². The van der Waals surface area contributed by atoms with Crippen molar-refractivity contribution < 1.29 is 13.8 Å². The number of amides is 1. The Morgan fingerprint density at radius 3 is 2.73 bits per heavy atom. The Bertz CT molecular complexity index is 1210. The summed E-state index contributed by atoms with van der Waals surface area (Å²) < 4.78 is 12.8. The van der Waals surface area contributed by atoms with E-state index in [0.29, 0.717) is 41.7 Å². The van der Waals surface area contributed by atoms with Gasteiger partial charge in [0.15, 0.2) is 11.7 Å². The van der Waals surface area contributed by atoms with E-state index in [9.17, 15) is 9.00 Å². The number of carbonyl (C=O) groups is 1. The van der Waals surface area contributed by atoms with E-state index in [4.69, 9.17) is 26.4 Å². The minimum absolute atomic E-state index is 0.423. The van der Waals surface area contributed by atoms with Crippen molar-refractivity contribution in [1.29, 1.82) is 0 Å². The fourth-order valence-corrected chi connectivity index (χ4v) is 5.37. The summed E-state index contributed by atoms with van der Waals surface area (Å²) in [5.74, 6) is 1.65. The number of hydrogen-bond acceptors (Lipinski definition) is 6. The molecule has 2 heterocycles. The lowest BCUT2D eigenvalue weighted by molar-refractivity contribution is -0.108. The van der Waals surface area contributed by atoms with Crippen LogP contribution < -0.4 is 5.32 Å². The molecule has 4 rings (SSSR count). The van der Waals surface area contributed by atoms with Crippen LogP contribution >= 0.6 is 11.6 Å². The average Bonchev–Trinajstić information content (AvgIpc) is 2.80. The molecule has 170 valence electrons. The van der Waals surface area contributed by atoms with Gasteiger partial charge in [0.05, 0.1) is 27.1 Å². The van der Waals surface area contributed by atoms with Gasteiger partial charge in [-0.1, -0.05) is 53.2 Å². The van der Waals surface area contributed by atoms with E-state index in [-0.39, 0.29) is 0 Å². The van der Waals surface area contributed by atoms with Gasteiger partial charge in [-0.05, 0) is 36.1 Å². The molecule has 33 heavy (non-hydrogen) atoms. The first kappa shape index (κ1) is 23.1. The highest BCUT2D eigenvalue weighted by atomic mass is 35.5. The van der Waals surface area contributed by atoms with E-state index < -0.39 is 10.8 Å². The first-order valence-corrected chi connectivity index (χ1v) is 12.2. The number of halogens is 1. The molecule has 1 N–H and O–H groups in total. The van der Waals surface area contributed by atoms with Crippen LogP contribution in [-0.4, -0.2) is 39.3 Å². The molecule has 1 aromatic heterocycles. The van der Waals surface area contributed by atoms with E-state index >= 15 is 0 Å².